The molecule has 0 radical (unpaired) electrons. The molecule has 3 aliphatic rings. The normalized spacial score (nSPS) is 23.3. The Bertz CT molecular complexity index is 892. The van der Waals surface area contributed by atoms with Crippen molar-refractivity contribution in [2.45, 2.75) is 39.0 Å². The van der Waals surface area contributed by atoms with Gasteiger partial charge in [0.25, 0.3) is 5.91 Å². The van der Waals surface area contributed by atoms with Crippen molar-refractivity contribution in [2.75, 3.05) is 18.7 Å². The van der Waals surface area contributed by atoms with Gasteiger partial charge in [-0.05, 0) is 37.1 Å². The molecule has 5 rings (SSSR count). The van der Waals surface area contributed by atoms with E-state index in [1.807, 2.05) is 18.2 Å². The van der Waals surface area contributed by atoms with Crippen LogP contribution in [-0.2, 0) is 13.0 Å². The Morgan fingerprint density at radius 1 is 1.23 bits per heavy atom. The molecule has 1 aromatic heterocycles. The van der Waals surface area contributed by atoms with Gasteiger partial charge in [0.1, 0.15) is 17.7 Å². The Labute approximate surface area is 156 Å². The standard InChI is InChI=1S/C19H21N3O3S/c1-10(2)22-6-5-12-15(8-22)26-19-16(12)18(23)20-17(21-19)11-3-4-13-14(7-11)25-9-24-13/h3-4,7,10,17,21H,5-6,8-9H2,1-2H3,(H,20,23)/p+1/t17-/m0/s1. The molecule has 7 heteroatoms. The third-order valence-corrected chi connectivity index (χ3v) is 6.66. The number of hydrogen-bond acceptors (Lipinski definition) is 5. The summed E-state index contributed by atoms with van der Waals surface area (Å²) in [5.41, 5.74) is 3.06. The number of thiophene rings is 1. The summed E-state index contributed by atoms with van der Waals surface area (Å²) < 4.78 is 10.8. The second-order valence-corrected chi connectivity index (χ2v) is 8.47. The lowest BCUT2D eigenvalue weighted by Crippen LogP contribution is -3.14. The van der Waals surface area contributed by atoms with Crippen LogP contribution in [-0.4, -0.2) is 25.3 Å². The Morgan fingerprint density at radius 2 is 2.08 bits per heavy atom. The van der Waals surface area contributed by atoms with Gasteiger partial charge in [-0.3, -0.25) is 4.79 Å². The van der Waals surface area contributed by atoms with E-state index in [2.05, 4.69) is 24.5 Å². The first-order chi connectivity index (χ1) is 12.6. The number of ether oxygens (including phenoxy) is 2. The van der Waals surface area contributed by atoms with Crippen LogP contribution in [0.1, 0.15) is 46.4 Å². The van der Waals surface area contributed by atoms with E-state index in [-0.39, 0.29) is 18.9 Å². The van der Waals surface area contributed by atoms with Gasteiger partial charge in [-0.25, -0.2) is 0 Å². The van der Waals surface area contributed by atoms with Gasteiger partial charge < -0.3 is 25.0 Å². The van der Waals surface area contributed by atoms with Crippen LogP contribution in [0.15, 0.2) is 18.2 Å². The number of benzene rings is 1. The van der Waals surface area contributed by atoms with E-state index in [1.165, 1.54) is 10.4 Å². The Hall–Kier alpha value is -2.25. The SMILES string of the molecule is CC(C)[NH+]1CCc2c(sc3c2C(=O)N[C@H](c2ccc4c(c2)OCO4)N3)C1. The lowest BCUT2D eigenvalue weighted by Gasteiger charge is -2.28. The number of fused-ring (bicyclic) bond motifs is 4. The molecule has 3 aliphatic heterocycles. The van der Waals surface area contributed by atoms with Gasteiger partial charge in [0.2, 0.25) is 6.79 Å². The van der Waals surface area contributed by atoms with Crippen molar-refractivity contribution in [3.05, 3.63) is 39.8 Å². The largest absolute Gasteiger partial charge is 0.454 e. The molecule has 2 aromatic rings. The van der Waals surface area contributed by atoms with Gasteiger partial charge in [0, 0.05) is 6.42 Å². The highest BCUT2D eigenvalue weighted by Gasteiger charge is 2.35. The highest BCUT2D eigenvalue weighted by molar-refractivity contribution is 7.16. The van der Waals surface area contributed by atoms with Crippen LogP contribution in [0.2, 0.25) is 0 Å². The molecular formula is C19H22N3O3S+. The molecule has 26 heavy (non-hydrogen) atoms. The second-order valence-electron chi connectivity index (χ2n) is 7.36. The maximum atomic E-state index is 12.8. The van der Waals surface area contributed by atoms with E-state index in [1.54, 1.807) is 16.2 Å². The summed E-state index contributed by atoms with van der Waals surface area (Å²) in [4.78, 5) is 15.8. The Balaban J connectivity index is 1.46. The van der Waals surface area contributed by atoms with E-state index in [0.29, 0.717) is 6.04 Å². The molecule has 6 nitrogen and oxygen atoms in total. The second kappa shape index (κ2) is 5.89. The quantitative estimate of drug-likeness (QED) is 0.751. The van der Waals surface area contributed by atoms with Gasteiger partial charge in [0.05, 0.1) is 23.0 Å². The Kier molecular flexibility index (Phi) is 3.62. The van der Waals surface area contributed by atoms with Crippen molar-refractivity contribution >= 4 is 22.2 Å². The Morgan fingerprint density at radius 3 is 2.92 bits per heavy atom. The monoisotopic (exact) mass is 372 g/mol. The van der Waals surface area contributed by atoms with Crippen LogP contribution >= 0.6 is 11.3 Å². The van der Waals surface area contributed by atoms with Crippen molar-refractivity contribution in [3.63, 3.8) is 0 Å². The molecule has 0 saturated carbocycles. The predicted octanol–water partition coefficient (Wildman–Crippen LogP) is 1.68. The molecule has 2 atom stereocenters. The van der Waals surface area contributed by atoms with Crippen LogP contribution < -0.4 is 25.0 Å². The van der Waals surface area contributed by atoms with Gasteiger partial charge in [0.15, 0.2) is 11.5 Å². The molecular weight excluding hydrogens is 350 g/mol. The molecule has 3 N–H and O–H groups in total. The lowest BCUT2D eigenvalue weighted by atomic mass is 9.99. The van der Waals surface area contributed by atoms with Crippen molar-refractivity contribution in [3.8, 4) is 11.5 Å². The number of anilines is 1. The highest BCUT2D eigenvalue weighted by Crippen LogP contribution is 2.40. The third-order valence-electron chi connectivity index (χ3n) is 5.50. The van der Waals surface area contributed by atoms with Crippen molar-refractivity contribution in [1.29, 1.82) is 0 Å². The molecule has 0 fully saturated rings. The zero-order chi connectivity index (χ0) is 17.8. The maximum absolute atomic E-state index is 12.8. The summed E-state index contributed by atoms with van der Waals surface area (Å²) in [7, 11) is 0. The first-order valence-corrected chi connectivity index (χ1v) is 9.88. The van der Waals surface area contributed by atoms with Gasteiger partial charge >= 0.3 is 0 Å². The van der Waals surface area contributed by atoms with E-state index >= 15 is 0 Å². The predicted molar refractivity (Wildman–Crippen MR) is 99.1 cm³/mol. The zero-order valence-corrected chi connectivity index (χ0v) is 15.7. The fourth-order valence-corrected chi connectivity index (χ4v) is 5.29. The maximum Gasteiger partial charge on any atom is 0.256 e. The fourth-order valence-electron chi connectivity index (χ4n) is 3.96. The minimum Gasteiger partial charge on any atom is -0.454 e. The topological polar surface area (TPSA) is 64.0 Å². The summed E-state index contributed by atoms with van der Waals surface area (Å²) >= 11 is 1.74. The van der Waals surface area contributed by atoms with Crippen LogP contribution in [0.25, 0.3) is 0 Å². The molecule has 0 saturated heterocycles. The molecule has 1 amide bonds. The van der Waals surface area contributed by atoms with Gasteiger partial charge in [-0.15, -0.1) is 11.3 Å². The molecule has 0 spiro atoms. The minimum atomic E-state index is -0.252. The number of amides is 1. The fraction of sp³-hybridized carbons (Fsp3) is 0.421. The summed E-state index contributed by atoms with van der Waals surface area (Å²) in [5.74, 6) is 1.50. The number of carbonyl (C=O) groups is 1. The lowest BCUT2D eigenvalue weighted by molar-refractivity contribution is -0.936. The average Bonchev–Trinajstić information content (AvgIpc) is 3.24. The van der Waals surface area contributed by atoms with Crippen LogP contribution in [0.3, 0.4) is 0 Å². The first-order valence-electron chi connectivity index (χ1n) is 9.06. The zero-order valence-electron chi connectivity index (χ0n) is 14.8. The number of carbonyl (C=O) groups excluding carboxylic acids is 1. The summed E-state index contributed by atoms with van der Waals surface area (Å²) in [6.45, 7) is 6.86. The van der Waals surface area contributed by atoms with Crippen LogP contribution in [0, 0.1) is 0 Å². The molecule has 1 aromatic carbocycles. The minimum absolute atomic E-state index is 0.0203. The van der Waals surface area contributed by atoms with Gasteiger partial charge in [-0.1, -0.05) is 6.07 Å². The van der Waals surface area contributed by atoms with E-state index < -0.39 is 0 Å². The molecule has 1 unspecified atom stereocenters. The molecule has 136 valence electrons. The summed E-state index contributed by atoms with van der Waals surface area (Å²) in [6, 6.07) is 6.40. The van der Waals surface area contributed by atoms with E-state index in [4.69, 9.17) is 9.47 Å². The summed E-state index contributed by atoms with van der Waals surface area (Å²) in [6.07, 6.45) is 0.719. The number of quaternary nitrogens is 1. The van der Waals surface area contributed by atoms with E-state index in [9.17, 15) is 4.79 Å². The molecule has 4 heterocycles. The van der Waals surface area contributed by atoms with Crippen molar-refractivity contribution in [1.82, 2.24) is 5.32 Å². The van der Waals surface area contributed by atoms with Crippen molar-refractivity contribution < 1.29 is 19.2 Å². The molecule has 0 bridgehead atoms. The third kappa shape index (κ3) is 2.46. The summed E-state index contributed by atoms with van der Waals surface area (Å²) in [5, 5.41) is 7.61. The van der Waals surface area contributed by atoms with Crippen molar-refractivity contribution in [2.24, 2.45) is 0 Å². The number of rotatable bonds is 2. The first kappa shape index (κ1) is 16.0. The van der Waals surface area contributed by atoms with Gasteiger partial charge in [-0.2, -0.15) is 0 Å². The number of hydrogen-bond donors (Lipinski definition) is 3. The number of nitrogens with one attached hydrogen (secondary N) is 3. The highest BCUT2D eigenvalue weighted by atomic mass is 32.1. The van der Waals surface area contributed by atoms with Crippen LogP contribution in [0.5, 0.6) is 11.5 Å². The molecule has 0 aliphatic carbocycles. The average molecular weight is 372 g/mol. The van der Waals surface area contributed by atoms with E-state index in [0.717, 1.165) is 47.1 Å². The van der Waals surface area contributed by atoms with Crippen LogP contribution in [0.4, 0.5) is 5.00 Å². The smallest absolute Gasteiger partial charge is 0.256 e.